The van der Waals surface area contributed by atoms with Gasteiger partial charge in [-0.25, -0.2) is 0 Å². The Kier molecular flexibility index (Phi) is 4.33. The molecule has 0 aromatic heterocycles. The summed E-state index contributed by atoms with van der Waals surface area (Å²) in [5.74, 6) is 0.167. The van der Waals surface area contributed by atoms with E-state index in [1.54, 1.807) is 0 Å². The molecule has 23 heavy (non-hydrogen) atoms. The normalized spacial score (nSPS) is 23.4. The quantitative estimate of drug-likeness (QED) is 0.819. The Hall–Kier alpha value is -2.36. The number of nitrogens with one attached hydrogen (secondary N) is 2. The molecule has 0 spiro atoms. The third kappa shape index (κ3) is 3.21. The van der Waals surface area contributed by atoms with Crippen molar-refractivity contribution >= 4 is 11.7 Å². The number of amides is 1. The molecule has 0 bridgehead atoms. The number of hydrogen-bond donors (Lipinski definition) is 2. The second kappa shape index (κ2) is 6.41. The van der Waals surface area contributed by atoms with Crippen LogP contribution in [-0.4, -0.2) is 23.8 Å². The van der Waals surface area contributed by atoms with Gasteiger partial charge in [0.25, 0.3) is 5.91 Å². The molecule has 1 aliphatic heterocycles. The fraction of sp³-hybridized carbons (Fsp3) is 0.368. The number of hydrogen-bond acceptors (Lipinski definition) is 3. The minimum absolute atomic E-state index is 0.0291. The summed E-state index contributed by atoms with van der Waals surface area (Å²) in [5.41, 5.74) is 2.75. The Morgan fingerprint density at radius 1 is 1.30 bits per heavy atom. The van der Waals surface area contributed by atoms with E-state index in [2.05, 4.69) is 22.8 Å². The van der Waals surface area contributed by atoms with E-state index in [-0.39, 0.29) is 17.7 Å². The zero-order chi connectivity index (χ0) is 16.4. The number of benzene rings is 1. The second-order valence-corrected chi connectivity index (χ2v) is 6.32. The molecule has 0 saturated heterocycles. The lowest BCUT2D eigenvalue weighted by atomic mass is 9.97. The minimum atomic E-state index is -0.497. The molecule has 2 N–H and O–H groups in total. The van der Waals surface area contributed by atoms with E-state index in [0.29, 0.717) is 18.0 Å². The van der Waals surface area contributed by atoms with Crippen LogP contribution in [0.3, 0.4) is 0 Å². The van der Waals surface area contributed by atoms with E-state index in [9.17, 15) is 9.59 Å². The second-order valence-electron chi connectivity index (χ2n) is 6.32. The number of carbonyl (C=O) groups is 2. The lowest BCUT2D eigenvalue weighted by Crippen LogP contribution is -2.44. The average Bonchev–Trinajstić information content (AvgIpc) is 3.11. The van der Waals surface area contributed by atoms with E-state index in [4.69, 9.17) is 0 Å². The van der Waals surface area contributed by atoms with Crippen LogP contribution in [0.1, 0.15) is 25.8 Å². The molecule has 2 aliphatic rings. The van der Waals surface area contributed by atoms with Gasteiger partial charge in [0.2, 0.25) is 0 Å². The predicted octanol–water partition coefficient (Wildman–Crippen LogP) is 2.12. The maximum Gasteiger partial charge on any atom is 0.267 e. The smallest absolute Gasteiger partial charge is 0.267 e. The minimum Gasteiger partial charge on any atom is -0.374 e. The van der Waals surface area contributed by atoms with Gasteiger partial charge < -0.3 is 10.6 Å². The topological polar surface area (TPSA) is 58.2 Å². The lowest BCUT2D eigenvalue weighted by Gasteiger charge is -2.17. The fourth-order valence-electron chi connectivity index (χ4n) is 3.33. The van der Waals surface area contributed by atoms with Crippen molar-refractivity contribution in [3.8, 4) is 0 Å². The van der Waals surface area contributed by atoms with Crippen molar-refractivity contribution in [2.24, 2.45) is 5.92 Å². The van der Waals surface area contributed by atoms with Crippen molar-refractivity contribution in [3.63, 3.8) is 0 Å². The van der Waals surface area contributed by atoms with Crippen molar-refractivity contribution in [2.45, 2.75) is 38.8 Å². The first-order valence-corrected chi connectivity index (χ1v) is 8.05. The van der Waals surface area contributed by atoms with Gasteiger partial charge in [-0.05, 0) is 37.8 Å². The van der Waals surface area contributed by atoms with Crippen LogP contribution >= 0.6 is 0 Å². The molecule has 1 aromatic rings. The first-order chi connectivity index (χ1) is 11.1. The first kappa shape index (κ1) is 15.5. The van der Waals surface area contributed by atoms with Crippen LogP contribution in [0.4, 0.5) is 0 Å². The van der Waals surface area contributed by atoms with Crippen LogP contribution in [0.25, 0.3) is 0 Å². The van der Waals surface area contributed by atoms with Crippen molar-refractivity contribution in [2.75, 3.05) is 0 Å². The molecule has 120 valence electrons. The molecule has 0 radical (unpaired) electrons. The summed E-state index contributed by atoms with van der Waals surface area (Å²) in [7, 11) is 0. The number of rotatable bonds is 5. The first-order valence-electron chi connectivity index (χ1n) is 8.05. The van der Waals surface area contributed by atoms with Crippen molar-refractivity contribution in [1.29, 1.82) is 0 Å². The summed E-state index contributed by atoms with van der Waals surface area (Å²) in [6.45, 7) is 3.52. The predicted molar refractivity (Wildman–Crippen MR) is 89.6 cm³/mol. The van der Waals surface area contributed by atoms with E-state index in [0.717, 1.165) is 17.6 Å². The Morgan fingerprint density at radius 3 is 2.70 bits per heavy atom. The van der Waals surface area contributed by atoms with Gasteiger partial charge >= 0.3 is 0 Å². The SMILES string of the molecule is CC(=O)[C@H](Cc1ccccc1)NC(=O)C1=C(C)C2CC=CC2N1. The Balaban J connectivity index is 1.70. The molecule has 3 rings (SSSR count). The number of fused-ring (bicyclic) bond motifs is 1. The van der Waals surface area contributed by atoms with Crippen molar-refractivity contribution in [1.82, 2.24) is 10.6 Å². The van der Waals surface area contributed by atoms with Gasteiger partial charge in [-0.15, -0.1) is 0 Å². The van der Waals surface area contributed by atoms with Gasteiger partial charge in [-0.1, -0.05) is 42.5 Å². The van der Waals surface area contributed by atoms with Crippen LogP contribution in [0.2, 0.25) is 0 Å². The van der Waals surface area contributed by atoms with Crippen LogP contribution in [0.5, 0.6) is 0 Å². The highest BCUT2D eigenvalue weighted by Crippen LogP contribution is 2.33. The van der Waals surface area contributed by atoms with Crippen molar-refractivity contribution in [3.05, 3.63) is 59.3 Å². The van der Waals surface area contributed by atoms with Crippen LogP contribution in [0.15, 0.2) is 53.8 Å². The Labute approximate surface area is 136 Å². The molecule has 0 fully saturated rings. The van der Waals surface area contributed by atoms with Crippen LogP contribution in [0, 0.1) is 5.92 Å². The summed E-state index contributed by atoms with van der Waals surface area (Å²) >= 11 is 0. The summed E-state index contributed by atoms with van der Waals surface area (Å²) in [5, 5.41) is 6.17. The molecule has 2 unspecified atom stereocenters. The molecule has 1 aromatic carbocycles. The molecule has 1 heterocycles. The molecule has 4 heteroatoms. The zero-order valence-corrected chi connectivity index (χ0v) is 13.5. The fourth-order valence-corrected chi connectivity index (χ4v) is 3.33. The maximum absolute atomic E-state index is 12.6. The van der Waals surface area contributed by atoms with E-state index in [1.165, 1.54) is 6.92 Å². The van der Waals surface area contributed by atoms with E-state index in [1.807, 2.05) is 37.3 Å². The summed E-state index contributed by atoms with van der Waals surface area (Å²) < 4.78 is 0. The highest BCUT2D eigenvalue weighted by Gasteiger charge is 2.35. The van der Waals surface area contributed by atoms with E-state index < -0.39 is 6.04 Å². The van der Waals surface area contributed by atoms with Crippen LogP contribution in [-0.2, 0) is 16.0 Å². The Morgan fingerprint density at radius 2 is 2.04 bits per heavy atom. The third-order valence-electron chi connectivity index (χ3n) is 4.73. The number of carbonyl (C=O) groups excluding carboxylic acids is 2. The lowest BCUT2D eigenvalue weighted by molar-refractivity contribution is -0.124. The maximum atomic E-state index is 12.6. The summed E-state index contributed by atoms with van der Waals surface area (Å²) in [6.07, 6.45) is 5.75. The average molecular weight is 310 g/mol. The molecule has 3 atom stereocenters. The highest BCUT2D eigenvalue weighted by atomic mass is 16.2. The molecular formula is C19H22N2O2. The van der Waals surface area contributed by atoms with Gasteiger partial charge in [0.1, 0.15) is 0 Å². The standard InChI is InChI=1S/C19H22N2O2/c1-12-15-9-6-10-16(15)20-18(12)19(23)21-17(13(2)22)11-14-7-4-3-5-8-14/h3-8,10,15-17,20H,9,11H2,1-2H3,(H,21,23)/t15?,16?,17-/m0/s1. The van der Waals surface area contributed by atoms with E-state index >= 15 is 0 Å². The zero-order valence-electron chi connectivity index (χ0n) is 13.5. The highest BCUT2D eigenvalue weighted by molar-refractivity contribution is 5.97. The molecule has 0 saturated carbocycles. The van der Waals surface area contributed by atoms with Gasteiger partial charge in [-0.2, -0.15) is 0 Å². The third-order valence-corrected chi connectivity index (χ3v) is 4.73. The number of ketones is 1. The number of Topliss-reactive ketones (excluding diaryl/α,β-unsaturated/α-hetero) is 1. The van der Waals surface area contributed by atoms with Gasteiger partial charge in [0.15, 0.2) is 5.78 Å². The van der Waals surface area contributed by atoms with Crippen LogP contribution < -0.4 is 10.6 Å². The monoisotopic (exact) mass is 310 g/mol. The molecule has 1 aliphatic carbocycles. The molecular weight excluding hydrogens is 288 g/mol. The van der Waals surface area contributed by atoms with Crippen molar-refractivity contribution < 1.29 is 9.59 Å². The van der Waals surface area contributed by atoms with Gasteiger partial charge in [0, 0.05) is 5.92 Å². The largest absolute Gasteiger partial charge is 0.374 e. The van der Waals surface area contributed by atoms with Gasteiger partial charge in [-0.3, -0.25) is 9.59 Å². The van der Waals surface area contributed by atoms with Gasteiger partial charge in [0.05, 0.1) is 17.8 Å². The Bertz CT molecular complexity index is 676. The molecule has 4 nitrogen and oxygen atoms in total. The number of allylic oxidation sites excluding steroid dienone is 1. The summed E-state index contributed by atoms with van der Waals surface area (Å²) in [6, 6.07) is 9.47. The summed E-state index contributed by atoms with van der Waals surface area (Å²) in [4.78, 5) is 24.5. The molecule has 1 amide bonds.